The molecule has 0 saturated carbocycles. The molecule has 0 aliphatic rings. The number of para-hydroxylation sites is 1. The van der Waals surface area contributed by atoms with Crippen LogP contribution < -0.4 is 10.2 Å². The van der Waals surface area contributed by atoms with Crippen molar-refractivity contribution in [1.29, 1.82) is 0 Å². The number of nitrogens with one attached hydrogen (secondary N) is 1. The summed E-state index contributed by atoms with van der Waals surface area (Å²) in [5.74, 6) is 0.498. The highest BCUT2D eigenvalue weighted by Crippen LogP contribution is 2.15. The minimum atomic E-state index is -0.523. The van der Waals surface area contributed by atoms with Crippen LogP contribution in [0.15, 0.2) is 53.6 Å². The summed E-state index contributed by atoms with van der Waals surface area (Å²) in [6.45, 7) is 1.75. The molecule has 0 aliphatic heterocycles. The smallest absolute Gasteiger partial charge is 0.264 e. The Kier molecular flexibility index (Phi) is 4.51. The summed E-state index contributed by atoms with van der Waals surface area (Å²) in [5, 5.41) is 12.1. The van der Waals surface area contributed by atoms with Crippen molar-refractivity contribution in [3.8, 4) is 5.75 Å². The number of nitrogens with zero attached hydrogens (tertiary/aromatic N) is 4. The predicted octanol–water partition coefficient (Wildman–Crippen LogP) is 2.15. The van der Waals surface area contributed by atoms with Crippen molar-refractivity contribution in [2.75, 3.05) is 7.11 Å². The third kappa shape index (κ3) is 3.24. The molecule has 1 atom stereocenters. The number of aromatic nitrogens is 3. The molecule has 3 aromatic rings. The number of carbonyl (C=O) groups excluding carboxylic acids is 1. The average molecular weight is 323 g/mol. The highest BCUT2D eigenvalue weighted by atomic mass is 16.5. The van der Waals surface area contributed by atoms with Gasteiger partial charge in [-0.1, -0.05) is 17.3 Å². The number of hydrogen-bond acceptors (Lipinski definition) is 5. The van der Waals surface area contributed by atoms with E-state index in [9.17, 15) is 4.79 Å². The molecule has 7 heteroatoms. The second-order valence-electron chi connectivity index (χ2n) is 5.21. The Bertz CT molecular complexity index is 870. The fourth-order valence-electron chi connectivity index (χ4n) is 2.24. The first-order chi connectivity index (χ1) is 11.7. The van der Waals surface area contributed by atoms with Crippen molar-refractivity contribution in [2.24, 2.45) is 5.10 Å². The molecule has 0 saturated heterocycles. The summed E-state index contributed by atoms with van der Waals surface area (Å²) in [6.07, 6.45) is 1.57. The Morgan fingerprint density at radius 3 is 2.75 bits per heavy atom. The summed E-state index contributed by atoms with van der Waals surface area (Å²) in [7, 11) is 1.61. The van der Waals surface area contributed by atoms with Crippen molar-refractivity contribution in [2.45, 2.75) is 13.0 Å². The minimum absolute atomic E-state index is 0.268. The third-order valence-corrected chi connectivity index (χ3v) is 3.63. The fourth-order valence-corrected chi connectivity index (χ4v) is 2.24. The quantitative estimate of drug-likeness (QED) is 0.576. The number of fused-ring (bicyclic) bond motifs is 1. The van der Waals surface area contributed by atoms with E-state index in [0.717, 1.165) is 22.3 Å². The number of hydrazone groups is 1. The zero-order chi connectivity index (χ0) is 16.9. The predicted molar refractivity (Wildman–Crippen MR) is 91.0 cm³/mol. The molecule has 7 nitrogen and oxygen atoms in total. The maximum atomic E-state index is 12.2. The second kappa shape index (κ2) is 6.91. The zero-order valence-electron chi connectivity index (χ0n) is 13.4. The van der Waals surface area contributed by atoms with Gasteiger partial charge in [-0.25, -0.2) is 10.1 Å². The highest BCUT2D eigenvalue weighted by Gasteiger charge is 2.17. The van der Waals surface area contributed by atoms with E-state index in [-0.39, 0.29) is 5.91 Å². The second-order valence-corrected chi connectivity index (χ2v) is 5.21. The van der Waals surface area contributed by atoms with Crippen molar-refractivity contribution >= 4 is 23.2 Å². The first-order valence-electron chi connectivity index (χ1n) is 7.46. The van der Waals surface area contributed by atoms with Gasteiger partial charge >= 0.3 is 0 Å². The van der Waals surface area contributed by atoms with Gasteiger partial charge in [0.1, 0.15) is 17.3 Å². The number of carbonyl (C=O) groups is 1. The standard InChI is InChI=1S/C17H17N5O2/c1-12(22-16-6-4-3-5-15(16)19-21-22)17(23)20-18-11-13-7-9-14(24-2)10-8-13/h3-12H,1-2H3,(H,20,23)/t12-/m0/s1. The van der Waals surface area contributed by atoms with Crippen LogP contribution in [-0.4, -0.2) is 34.2 Å². The first-order valence-corrected chi connectivity index (χ1v) is 7.46. The van der Waals surface area contributed by atoms with Gasteiger partial charge in [0.25, 0.3) is 5.91 Å². The number of ether oxygens (including phenoxy) is 1. The molecule has 0 unspecified atom stereocenters. The average Bonchev–Trinajstić information content (AvgIpc) is 3.05. The number of hydrogen-bond donors (Lipinski definition) is 1. The molecule has 0 bridgehead atoms. The molecule has 0 aliphatic carbocycles. The van der Waals surface area contributed by atoms with Crippen molar-refractivity contribution in [3.05, 3.63) is 54.1 Å². The van der Waals surface area contributed by atoms with Gasteiger partial charge in [0, 0.05) is 0 Å². The summed E-state index contributed by atoms with van der Waals surface area (Å²) in [5.41, 5.74) is 4.93. The molecule has 1 heterocycles. The minimum Gasteiger partial charge on any atom is -0.497 e. The van der Waals surface area contributed by atoms with Gasteiger partial charge in [-0.2, -0.15) is 5.10 Å². The number of rotatable bonds is 5. The van der Waals surface area contributed by atoms with E-state index in [2.05, 4.69) is 20.8 Å². The van der Waals surface area contributed by atoms with Gasteiger partial charge in [-0.3, -0.25) is 4.79 Å². The zero-order valence-corrected chi connectivity index (χ0v) is 13.4. The van der Waals surface area contributed by atoms with Crippen LogP contribution in [0.1, 0.15) is 18.5 Å². The van der Waals surface area contributed by atoms with Gasteiger partial charge < -0.3 is 4.74 Å². The number of methoxy groups -OCH3 is 1. The van der Waals surface area contributed by atoms with Crippen LogP contribution in [0.25, 0.3) is 11.0 Å². The first kappa shape index (κ1) is 15.7. The maximum absolute atomic E-state index is 12.2. The topological polar surface area (TPSA) is 81.4 Å². The lowest BCUT2D eigenvalue weighted by Crippen LogP contribution is -2.28. The largest absolute Gasteiger partial charge is 0.497 e. The lowest BCUT2D eigenvalue weighted by Gasteiger charge is -2.10. The Balaban J connectivity index is 1.66. The molecule has 0 radical (unpaired) electrons. The van der Waals surface area contributed by atoms with E-state index in [1.807, 2.05) is 48.5 Å². The Labute approximate surface area is 138 Å². The number of amides is 1. The monoisotopic (exact) mass is 323 g/mol. The van der Waals surface area contributed by atoms with Crippen LogP contribution in [0, 0.1) is 0 Å². The van der Waals surface area contributed by atoms with E-state index in [0.29, 0.717) is 0 Å². The van der Waals surface area contributed by atoms with Crippen LogP contribution in [0.4, 0.5) is 0 Å². The van der Waals surface area contributed by atoms with Crippen LogP contribution >= 0.6 is 0 Å². The van der Waals surface area contributed by atoms with Crippen LogP contribution in [0.3, 0.4) is 0 Å². The SMILES string of the molecule is COc1ccc(C=NNC(=O)[C@H](C)n2nnc3ccccc32)cc1. The van der Waals surface area contributed by atoms with Crippen molar-refractivity contribution < 1.29 is 9.53 Å². The van der Waals surface area contributed by atoms with E-state index in [1.54, 1.807) is 24.9 Å². The van der Waals surface area contributed by atoms with E-state index < -0.39 is 6.04 Å². The van der Waals surface area contributed by atoms with Gasteiger partial charge in [0.15, 0.2) is 0 Å². The Morgan fingerprint density at radius 1 is 1.25 bits per heavy atom. The molecule has 3 rings (SSSR count). The molecule has 0 fully saturated rings. The maximum Gasteiger partial charge on any atom is 0.264 e. The van der Waals surface area contributed by atoms with Gasteiger partial charge in [0.05, 0.1) is 18.8 Å². The summed E-state index contributed by atoms with van der Waals surface area (Å²) < 4.78 is 6.67. The van der Waals surface area contributed by atoms with Gasteiger partial charge in [-0.15, -0.1) is 5.10 Å². The van der Waals surface area contributed by atoms with Crippen LogP contribution in [0.5, 0.6) is 5.75 Å². The molecule has 1 N–H and O–H groups in total. The van der Waals surface area contributed by atoms with E-state index in [4.69, 9.17) is 4.74 Å². The Morgan fingerprint density at radius 2 is 2.00 bits per heavy atom. The molecular formula is C17H17N5O2. The normalized spacial score (nSPS) is 12.4. The van der Waals surface area contributed by atoms with E-state index in [1.165, 1.54) is 0 Å². The highest BCUT2D eigenvalue weighted by molar-refractivity contribution is 5.85. The van der Waals surface area contributed by atoms with Crippen molar-refractivity contribution in [3.63, 3.8) is 0 Å². The fraction of sp³-hybridized carbons (Fsp3) is 0.176. The van der Waals surface area contributed by atoms with Crippen LogP contribution in [-0.2, 0) is 4.79 Å². The third-order valence-electron chi connectivity index (χ3n) is 3.63. The molecular weight excluding hydrogens is 306 g/mol. The summed E-state index contributed by atoms with van der Waals surface area (Å²) >= 11 is 0. The lowest BCUT2D eigenvalue weighted by atomic mass is 10.2. The van der Waals surface area contributed by atoms with E-state index >= 15 is 0 Å². The molecule has 1 aromatic heterocycles. The molecule has 24 heavy (non-hydrogen) atoms. The van der Waals surface area contributed by atoms with Crippen LogP contribution in [0.2, 0.25) is 0 Å². The van der Waals surface area contributed by atoms with Crippen molar-refractivity contribution in [1.82, 2.24) is 20.4 Å². The van der Waals surface area contributed by atoms with Gasteiger partial charge in [-0.05, 0) is 48.9 Å². The molecule has 0 spiro atoms. The molecule has 1 amide bonds. The summed E-state index contributed by atoms with van der Waals surface area (Å²) in [4.78, 5) is 12.2. The van der Waals surface area contributed by atoms with Gasteiger partial charge in [0.2, 0.25) is 0 Å². The molecule has 2 aromatic carbocycles. The molecule has 122 valence electrons. The lowest BCUT2D eigenvalue weighted by molar-refractivity contribution is -0.124. The summed E-state index contributed by atoms with van der Waals surface area (Å²) in [6, 6.07) is 14.3. The Hall–Kier alpha value is -3.22. The number of benzene rings is 2.